The third-order valence-corrected chi connectivity index (χ3v) is 8.61. The second-order valence-corrected chi connectivity index (χ2v) is 11.6. The van der Waals surface area contributed by atoms with Crippen LogP contribution in [0.1, 0.15) is 53.0 Å². The molecule has 19 heavy (non-hydrogen) atoms. The van der Waals surface area contributed by atoms with Crippen molar-refractivity contribution in [2.24, 2.45) is 0 Å². The predicted octanol–water partition coefficient (Wildman–Crippen LogP) is 5.40. The van der Waals surface area contributed by atoms with Gasteiger partial charge in [0.05, 0.1) is 0 Å². The molecule has 2 heteroatoms. The van der Waals surface area contributed by atoms with Crippen LogP contribution in [-0.2, 0) is 5.75 Å². The molecule has 1 aliphatic rings. The number of rotatable bonds is 3. The summed E-state index contributed by atoms with van der Waals surface area (Å²) in [6.45, 7) is 11.9. The first-order valence-corrected chi connectivity index (χ1v) is 9.85. The van der Waals surface area contributed by atoms with E-state index in [1.807, 2.05) is 0 Å². The lowest BCUT2D eigenvalue weighted by Gasteiger charge is -2.25. The highest BCUT2D eigenvalue weighted by atomic mass is 32.2. The highest BCUT2D eigenvalue weighted by Crippen LogP contribution is 2.55. The summed E-state index contributed by atoms with van der Waals surface area (Å²) in [7, 11) is 0.0558. The first kappa shape index (κ1) is 15.4. The van der Waals surface area contributed by atoms with Gasteiger partial charge in [0.1, 0.15) is 0 Å². The highest BCUT2D eigenvalue weighted by molar-refractivity contribution is 7.99. The maximum Gasteiger partial charge on any atom is 0.0196 e. The monoisotopic (exact) mass is 294 g/mol. The molecular formula is C17H27PS. The van der Waals surface area contributed by atoms with Crippen molar-refractivity contribution in [1.29, 1.82) is 0 Å². The van der Waals surface area contributed by atoms with Gasteiger partial charge in [0, 0.05) is 10.5 Å². The molecule has 106 valence electrons. The Labute approximate surface area is 124 Å². The molecule has 0 aromatic heterocycles. The van der Waals surface area contributed by atoms with Crippen LogP contribution in [-0.4, -0.2) is 16.1 Å². The zero-order valence-corrected chi connectivity index (χ0v) is 14.7. The van der Waals surface area contributed by atoms with Gasteiger partial charge in [-0.2, -0.15) is 11.8 Å². The zero-order chi connectivity index (χ0) is 14.0. The van der Waals surface area contributed by atoms with Crippen LogP contribution in [0.15, 0.2) is 24.3 Å². The number of benzene rings is 1. The van der Waals surface area contributed by atoms with E-state index in [1.54, 1.807) is 10.9 Å². The Bertz CT molecular complexity index is 412. The molecule has 0 bridgehead atoms. The Morgan fingerprint density at radius 3 is 2.26 bits per heavy atom. The molecule has 1 aromatic rings. The normalized spacial score (nSPS) is 24.9. The second kappa shape index (κ2) is 6.19. The predicted molar refractivity (Wildman–Crippen MR) is 92.2 cm³/mol. The minimum Gasteiger partial charge on any atom is -0.151 e. The van der Waals surface area contributed by atoms with Gasteiger partial charge in [-0.3, -0.25) is 0 Å². The Morgan fingerprint density at radius 2 is 1.68 bits per heavy atom. The van der Waals surface area contributed by atoms with Crippen molar-refractivity contribution >= 4 is 25.0 Å². The smallest absolute Gasteiger partial charge is 0.0196 e. The van der Waals surface area contributed by atoms with Gasteiger partial charge in [0.25, 0.3) is 0 Å². The molecule has 2 atom stereocenters. The van der Waals surface area contributed by atoms with E-state index in [2.05, 4.69) is 70.6 Å². The van der Waals surface area contributed by atoms with Gasteiger partial charge in [-0.1, -0.05) is 66.8 Å². The van der Waals surface area contributed by atoms with E-state index < -0.39 is 0 Å². The van der Waals surface area contributed by atoms with Crippen molar-refractivity contribution in [3.63, 3.8) is 0 Å². The van der Waals surface area contributed by atoms with Crippen LogP contribution >= 0.6 is 19.7 Å². The molecule has 2 rings (SSSR count). The summed E-state index contributed by atoms with van der Waals surface area (Å²) in [5.41, 5.74) is 3.41. The lowest BCUT2D eigenvalue weighted by atomic mass is 10.2. The van der Waals surface area contributed by atoms with Crippen molar-refractivity contribution in [2.45, 2.75) is 69.3 Å². The van der Waals surface area contributed by atoms with E-state index in [0.29, 0.717) is 4.75 Å². The maximum absolute atomic E-state index is 2.46. The quantitative estimate of drug-likeness (QED) is 0.673. The molecule has 0 radical (unpaired) electrons. The average Bonchev–Trinajstić information content (AvgIpc) is 2.66. The van der Waals surface area contributed by atoms with Crippen LogP contribution in [0.2, 0.25) is 0 Å². The van der Waals surface area contributed by atoms with Gasteiger partial charge < -0.3 is 0 Å². The average molecular weight is 294 g/mol. The van der Waals surface area contributed by atoms with Crippen molar-refractivity contribution in [3.8, 4) is 0 Å². The molecule has 0 aliphatic carbocycles. The topological polar surface area (TPSA) is 0 Å². The molecule has 1 aliphatic heterocycles. The standard InChI is InChI=1S/C17H27PS/c1-13-10-11-14(2)18(13)16-9-7-6-8-15(16)12-19-17(3,4)5/h6-9,13-14H,10-12H2,1-5H3/t13-,14-/m1/s1. The maximum atomic E-state index is 2.46. The summed E-state index contributed by atoms with van der Waals surface area (Å²) in [5.74, 6) is 1.16. The third kappa shape index (κ3) is 3.99. The Hall–Kier alpha value is -0.0000000000000000555. The first-order chi connectivity index (χ1) is 8.88. The van der Waals surface area contributed by atoms with E-state index in [1.165, 1.54) is 12.8 Å². The van der Waals surface area contributed by atoms with Gasteiger partial charge in [-0.25, -0.2) is 0 Å². The fourth-order valence-corrected chi connectivity index (χ4v) is 7.21. The van der Waals surface area contributed by atoms with Crippen LogP contribution in [0.3, 0.4) is 0 Å². The summed E-state index contributed by atoms with van der Waals surface area (Å²) >= 11 is 2.07. The summed E-state index contributed by atoms with van der Waals surface area (Å²) in [6, 6.07) is 9.21. The molecule has 0 amide bonds. The van der Waals surface area contributed by atoms with Crippen molar-refractivity contribution < 1.29 is 0 Å². The Kier molecular flexibility index (Phi) is 5.01. The molecule has 0 saturated carbocycles. The van der Waals surface area contributed by atoms with Crippen LogP contribution in [0.4, 0.5) is 0 Å². The summed E-state index contributed by atoms with van der Waals surface area (Å²) in [6.07, 6.45) is 2.85. The Morgan fingerprint density at radius 1 is 1.11 bits per heavy atom. The minimum atomic E-state index is 0.0558. The van der Waals surface area contributed by atoms with Crippen molar-refractivity contribution in [2.75, 3.05) is 0 Å². The first-order valence-electron chi connectivity index (χ1n) is 7.38. The van der Waals surface area contributed by atoms with Gasteiger partial charge in [0.2, 0.25) is 0 Å². The van der Waals surface area contributed by atoms with Crippen LogP contribution in [0, 0.1) is 0 Å². The van der Waals surface area contributed by atoms with Crippen LogP contribution in [0.25, 0.3) is 0 Å². The van der Waals surface area contributed by atoms with Crippen molar-refractivity contribution in [3.05, 3.63) is 29.8 Å². The summed E-state index contributed by atoms with van der Waals surface area (Å²) in [5, 5.41) is 1.69. The molecule has 0 N–H and O–H groups in total. The highest BCUT2D eigenvalue weighted by Gasteiger charge is 2.32. The van der Waals surface area contributed by atoms with Crippen LogP contribution in [0.5, 0.6) is 0 Å². The minimum absolute atomic E-state index is 0.0558. The van der Waals surface area contributed by atoms with Gasteiger partial charge in [0.15, 0.2) is 0 Å². The molecule has 1 saturated heterocycles. The van der Waals surface area contributed by atoms with Gasteiger partial charge in [-0.15, -0.1) is 0 Å². The van der Waals surface area contributed by atoms with E-state index in [9.17, 15) is 0 Å². The molecule has 1 heterocycles. The molecule has 1 fully saturated rings. The third-order valence-electron chi connectivity index (χ3n) is 3.88. The van der Waals surface area contributed by atoms with Gasteiger partial charge in [-0.05, 0) is 35.0 Å². The lowest BCUT2D eigenvalue weighted by molar-refractivity contribution is 0.777. The fourth-order valence-electron chi connectivity index (χ4n) is 2.85. The Balaban J connectivity index is 2.21. The molecule has 0 spiro atoms. The SMILES string of the molecule is C[C@@H]1CC[C@@H](C)P1c1ccccc1CSC(C)(C)C. The molecule has 0 nitrogen and oxygen atoms in total. The molecule has 0 unspecified atom stereocenters. The number of hydrogen-bond donors (Lipinski definition) is 0. The van der Waals surface area contributed by atoms with Gasteiger partial charge >= 0.3 is 0 Å². The number of hydrogen-bond acceptors (Lipinski definition) is 1. The summed E-state index contributed by atoms with van der Waals surface area (Å²) in [4.78, 5) is 0. The number of thioether (sulfide) groups is 1. The van der Waals surface area contributed by atoms with Crippen LogP contribution < -0.4 is 5.30 Å². The van der Waals surface area contributed by atoms with E-state index in [0.717, 1.165) is 17.1 Å². The summed E-state index contributed by atoms with van der Waals surface area (Å²) < 4.78 is 0.354. The molecular weight excluding hydrogens is 267 g/mol. The fraction of sp³-hybridized carbons (Fsp3) is 0.647. The van der Waals surface area contributed by atoms with E-state index >= 15 is 0 Å². The lowest BCUT2D eigenvalue weighted by Crippen LogP contribution is -2.16. The zero-order valence-electron chi connectivity index (χ0n) is 12.9. The van der Waals surface area contributed by atoms with E-state index in [-0.39, 0.29) is 7.92 Å². The largest absolute Gasteiger partial charge is 0.151 e. The van der Waals surface area contributed by atoms with E-state index in [4.69, 9.17) is 0 Å². The van der Waals surface area contributed by atoms with Crippen molar-refractivity contribution in [1.82, 2.24) is 0 Å². The molecule has 1 aromatic carbocycles. The second-order valence-electron chi connectivity index (χ2n) is 6.71.